The quantitative estimate of drug-likeness (QED) is 0.462. The van der Waals surface area contributed by atoms with E-state index in [1.54, 1.807) is 0 Å². The van der Waals surface area contributed by atoms with Gasteiger partial charge in [-0.25, -0.2) is 4.98 Å². The molecule has 5 rings (SSSR count). The van der Waals surface area contributed by atoms with Gasteiger partial charge in [-0.2, -0.15) is 9.97 Å². The van der Waals surface area contributed by atoms with Crippen LogP contribution in [0.15, 0.2) is 30.6 Å². The third-order valence-electron chi connectivity index (χ3n) is 6.26. The highest BCUT2D eigenvalue weighted by Crippen LogP contribution is 2.33. The smallest absolute Gasteiger partial charge is 0.226 e. The first-order valence-electron chi connectivity index (χ1n) is 11.6. The van der Waals surface area contributed by atoms with Crippen LogP contribution >= 0.6 is 0 Å². The summed E-state index contributed by atoms with van der Waals surface area (Å²) in [5.41, 5.74) is 3.79. The van der Waals surface area contributed by atoms with Gasteiger partial charge in [0.15, 0.2) is 17.0 Å². The zero-order valence-corrected chi connectivity index (χ0v) is 18.3. The van der Waals surface area contributed by atoms with Gasteiger partial charge in [-0.1, -0.05) is 12.8 Å². The lowest BCUT2D eigenvalue weighted by molar-refractivity contribution is 0.122. The molecule has 170 valence electrons. The highest BCUT2D eigenvalue weighted by atomic mass is 16.5. The molecule has 9 nitrogen and oxygen atoms in total. The van der Waals surface area contributed by atoms with Gasteiger partial charge < -0.3 is 29.9 Å². The molecule has 9 heteroatoms. The molecule has 3 aromatic rings. The second kappa shape index (κ2) is 9.70. The number of aromatic nitrogens is 4. The summed E-state index contributed by atoms with van der Waals surface area (Å²) in [4.78, 5) is 16.5. The van der Waals surface area contributed by atoms with E-state index < -0.39 is 0 Å². The molecular formula is C23H31N7O2. The fourth-order valence-electron chi connectivity index (χ4n) is 4.53. The van der Waals surface area contributed by atoms with E-state index in [2.05, 4.69) is 49.4 Å². The van der Waals surface area contributed by atoms with Gasteiger partial charge >= 0.3 is 0 Å². The van der Waals surface area contributed by atoms with Crippen LogP contribution in [0.5, 0.6) is 0 Å². The Morgan fingerprint density at radius 3 is 2.59 bits per heavy atom. The lowest BCUT2D eigenvalue weighted by atomic mass is 10.2. The molecule has 1 aliphatic carbocycles. The van der Waals surface area contributed by atoms with E-state index in [0.717, 1.165) is 56.0 Å². The summed E-state index contributed by atoms with van der Waals surface area (Å²) in [6.45, 7) is 4.13. The fraction of sp³-hybridized carbons (Fsp3) is 0.522. The third-order valence-corrected chi connectivity index (χ3v) is 6.26. The monoisotopic (exact) mass is 437 g/mol. The number of anilines is 4. The minimum atomic E-state index is 0.135. The zero-order valence-electron chi connectivity index (χ0n) is 18.3. The summed E-state index contributed by atoms with van der Waals surface area (Å²) in [6.07, 6.45) is 7.37. The Bertz CT molecular complexity index is 1020. The number of hydrogen-bond donors (Lipinski definition) is 3. The molecule has 0 bridgehead atoms. The van der Waals surface area contributed by atoms with Crippen LogP contribution in [0.3, 0.4) is 0 Å². The molecule has 3 N–H and O–H groups in total. The predicted octanol–water partition coefficient (Wildman–Crippen LogP) is 3.32. The minimum absolute atomic E-state index is 0.135. The van der Waals surface area contributed by atoms with Crippen LogP contribution in [0, 0.1) is 0 Å². The number of imidazole rings is 1. The normalized spacial score (nSPS) is 17.2. The Balaban J connectivity index is 1.42. The average Bonchev–Trinajstić information content (AvgIpc) is 3.50. The first kappa shape index (κ1) is 21.0. The van der Waals surface area contributed by atoms with Crippen molar-refractivity contribution in [2.24, 2.45) is 0 Å². The number of aliphatic hydroxyl groups excluding tert-OH is 1. The number of hydrogen-bond acceptors (Lipinski definition) is 8. The second-order valence-corrected chi connectivity index (χ2v) is 8.43. The van der Waals surface area contributed by atoms with Crippen molar-refractivity contribution in [3.05, 3.63) is 30.6 Å². The Labute approximate surface area is 187 Å². The molecule has 0 radical (unpaired) electrons. The summed E-state index contributed by atoms with van der Waals surface area (Å²) in [5.74, 6) is 1.25. The number of aliphatic hydroxyl groups is 1. The van der Waals surface area contributed by atoms with E-state index >= 15 is 0 Å². The largest absolute Gasteiger partial charge is 0.396 e. The molecule has 1 saturated carbocycles. The molecule has 32 heavy (non-hydrogen) atoms. The van der Waals surface area contributed by atoms with Gasteiger partial charge in [0.05, 0.1) is 19.5 Å². The average molecular weight is 438 g/mol. The van der Waals surface area contributed by atoms with Gasteiger partial charge in [-0.15, -0.1) is 0 Å². The summed E-state index contributed by atoms with van der Waals surface area (Å²) in [7, 11) is 0. The molecule has 0 atom stereocenters. The van der Waals surface area contributed by atoms with Crippen LogP contribution in [0.1, 0.15) is 38.1 Å². The van der Waals surface area contributed by atoms with Crippen molar-refractivity contribution in [1.29, 1.82) is 0 Å². The molecule has 1 aliphatic heterocycles. The molecular weight excluding hydrogens is 406 g/mol. The Kier molecular flexibility index (Phi) is 6.36. The SMILES string of the molecule is OCCCNc1nc(Nc2ccc(N3CCOCC3)cc2)c2ncn(C3CCCC3)c2n1. The number of morpholine rings is 1. The van der Waals surface area contributed by atoms with E-state index in [1.807, 2.05) is 6.33 Å². The molecule has 0 spiro atoms. The Morgan fingerprint density at radius 2 is 1.84 bits per heavy atom. The minimum Gasteiger partial charge on any atom is -0.396 e. The van der Waals surface area contributed by atoms with Crippen LogP contribution in [0.4, 0.5) is 23.1 Å². The maximum absolute atomic E-state index is 9.12. The van der Waals surface area contributed by atoms with Gasteiger partial charge in [-0.3, -0.25) is 0 Å². The molecule has 1 aromatic carbocycles. The molecule has 1 saturated heterocycles. The molecule has 2 fully saturated rings. The van der Waals surface area contributed by atoms with Crippen LogP contribution in [-0.4, -0.2) is 64.1 Å². The second-order valence-electron chi connectivity index (χ2n) is 8.43. The van der Waals surface area contributed by atoms with Gasteiger partial charge in [0, 0.05) is 43.7 Å². The number of nitrogens with zero attached hydrogens (tertiary/aromatic N) is 5. The van der Waals surface area contributed by atoms with Crippen molar-refractivity contribution in [3.63, 3.8) is 0 Å². The van der Waals surface area contributed by atoms with E-state index in [0.29, 0.717) is 30.8 Å². The molecule has 3 heterocycles. The predicted molar refractivity (Wildman–Crippen MR) is 126 cm³/mol. The van der Waals surface area contributed by atoms with Crippen LogP contribution in [-0.2, 0) is 4.74 Å². The van der Waals surface area contributed by atoms with Crippen molar-refractivity contribution in [2.45, 2.75) is 38.1 Å². The topological polar surface area (TPSA) is 100 Å². The Hall–Kier alpha value is -2.91. The summed E-state index contributed by atoms with van der Waals surface area (Å²) < 4.78 is 7.66. The van der Waals surface area contributed by atoms with E-state index in [9.17, 15) is 0 Å². The Morgan fingerprint density at radius 1 is 1.06 bits per heavy atom. The van der Waals surface area contributed by atoms with Crippen LogP contribution < -0.4 is 15.5 Å². The number of ether oxygens (including phenoxy) is 1. The van der Waals surface area contributed by atoms with Gasteiger partial charge in [0.2, 0.25) is 5.95 Å². The number of benzene rings is 1. The highest BCUT2D eigenvalue weighted by Gasteiger charge is 2.22. The van der Waals surface area contributed by atoms with Gasteiger partial charge in [0.1, 0.15) is 0 Å². The molecule has 2 aromatic heterocycles. The summed E-state index contributed by atoms with van der Waals surface area (Å²) >= 11 is 0. The number of rotatable bonds is 8. The maximum atomic E-state index is 9.12. The van der Waals surface area contributed by atoms with Crippen molar-refractivity contribution >= 4 is 34.3 Å². The van der Waals surface area contributed by atoms with E-state index in [4.69, 9.17) is 19.8 Å². The summed E-state index contributed by atoms with van der Waals surface area (Å²) in [6, 6.07) is 8.85. The van der Waals surface area contributed by atoms with Crippen LogP contribution in [0.25, 0.3) is 11.2 Å². The van der Waals surface area contributed by atoms with E-state index in [1.165, 1.54) is 18.5 Å². The standard InChI is InChI=1S/C23H31N7O2/c31-13-3-10-24-23-27-21(20-22(28-23)30(16-25-20)19-4-1-2-5-19)26-17-6-8-18(9-7-17)29-11-14-32-15-12-29/h6-9,16,19,31H,1-5,10-15H2,(H2,24,26,27,28). The first-order chi connectivity index (χ1) is 15.8. The number of fused-ring (bicyclic) bond motifs is 1. The third kappa shape index (κ3) is 4.49. The van der Waals surface area contributed by atoms with Crippen molar-refractivity contribution in [2.75, 3.05) is 55.0 Å². The zero-order chi connectivity index (χ0) is 21.8. The first-order valence-corrected chi connectivity index (χ1v) is 11.6. The summed E-state index contributed by atoms with van der Waals surface area (Å²) in [5, 5.41) is 15.8. The van der Waals surface area contributed by atoms with Gasteiger partial charge in [-0.05, 0) is 43.5 Å². The lowest BCUT2D eigenvalue weighted by Gasteiger charge is -2.28. The van der Waals surface area contributed by atoms with Crippen molar-refractivity contribution < 1.29 is 9.84 Å². The van der Waals surface area contributed by atoms with Crippen LogP contribution in [0.2, 0.25) is 0 Å². The van der Waals surface area contributed by atoms with E-state index in [-0.39, 0.29) is 6.61 Å². The lowest BCUT2D eigenvalue weighted by Crippen LogP contribution is -2.36. The van der Waals surface area contributed by atoms with Crippen molar-refractivity contribution in [1.82, 2.24) is 19.5 Å². The molecule has 0 unspecified atom stereocenters. The van der Waals surface area contributed by atoms with Gasteiger partial charge in [0.25, 0.3) is 0 Å². The maximum Gasteiger partial charge on any atom is 0.226 e. The molecule has 0 amide bonds. The molecule has 2 aliphatic rings. The highest BCUT2D eigenvalue weighted by molar-refractivity contribution is 5.86. The number of nitrogens with one attached hydrogen (secondary N) is 2. The van der Waals surface area contributed by atoms with Crippen molar-refractivity contribution in [3.8, 4) is 0 Å². The fourth-order valence-corrected chi connectivity index (χ4v) is 4.53.